The molecule has 0 spiro atoms. The van der Waals surface area contributed by atoms with Crippen molar-refractivity contribution in [3.8, 4) is 0 Å². The first kappa shape index (κ1) is 9.93. The number of ether oxygens (including phenoxy) is 2. The molecule has 1 heterocycles. The van der Waals surface area contributed by atoms with Crippen LogP contribution in [0.4, 0.5) is 0 Å². The van der Waals surface area contributed by atoms with Crippen molar-refractivity contribution in [1.29, 1.82) is 0 Å². The van der Waals surface area contributed by atoms with Crippen molar-refractivity contribution >= 4 is 5.97 Å². The van der Waals surface area contributed by atoms with Crippen molar-refractivity contribution < 1.29 is 14.3 Å². The lowest BCUT2D eigenvalue weighted by molar-refractivity contribution is -0.144. The van der Waals surface area contributed by atoms with Crippen LogP contribution in [0.3, 0.4) is 0 Å². The van der Waals surface area contributed by atoms with E-state index in [1.54, 1.807) is 0 Å². The Morgan fingerprint density at radius 2 is 2.36 bits per heavy atom. The van der Waals surface area contributed by atoms with Gasteiger partial charge in [0.25, 0.3) is 0 Å². The van der Waals surface area contributed by atoms with Gasteiger partial charge in [-0.25, -0.2) is 0 Å². The first-order valence-corrected chi connectivity index (χ1v) is 5.12. The molecule has 2 fully saturated rings. The fraction of sp³-hybridized carbons (Fsp3) is 0.900. The van der Waals surface area contributed by atoms with Crippen molar-refractivity contribution in [1.82, 2.24) is 0 Å². The first-order chi connectivity index (χ1) is 6.70. The fourth-order valence-electron chi connectivity index (χ4n) is 2.47. The molecule has 80 valence electrons. The van der Waals surface area contributed by atoms with Gasteiger partial charge in [-0.3, -0.25) is 4.79 Å². The van der Waals surface area contributed by atoms with Gasteiger partial charge in [0.2, 0.25) is 0 Å². The third-order valence-corrected chi connectivity index (χ3v) is 3.64. The van der Waals surface area contributed by atoms with Crippen LogP contribution in [-0.4, -0.2) is 32.3 Å². The SMILES string of the molecule is COC(=O)C(N)C1(C2CCOC2)CC1. The number of nitrogens with two attached hydrogens (primary N) is 1. The highest BCUT2D eigenvalue weighted by Gasteiger charge is 2.57. The predicted octanol–water partition coefficient (Wildman–Crippen LogP) is 0.303. The van der Waals surface area contributed by atoms with Crippen molar-refractivity contribution in [2.75, 3.05) is 20.3 Å². The molecule has 2 N–H and O–H groups in total. The summed E-state index contributed by atoms with van der Waals surface area (Å²) in [6, 6.07) is -0.459. The standard InChI is InChI=1S/C10H17NO3/c1-13-9(12)8(11)10(3-4-10)7-2-5-14-6-7/h7-8H,2-6,11H2,1H3. The molecule has 1 aliphatic carbocycles. The fourth-order valence-corrected chi connectivity index (χ4v) is 2.47. The van der Waals surface area contributed by atoms with Gasteiger partial charge in [0, 0.05) is 12.0 Å². The monoisotopic (exact) mass is 199 g/mol. The average molecular weight is 199 g/mol. The maximum absolute atomic E-state index is 11.4. The van der Waals surface area contributed by atoms with Gasteiger partial charge >= 0.3 is 5.97 Å². The summed E-state index contributed by atoms with van der Waals surface area (Å²) in [6.45, 7) is 1.56. The molecule has 2 atom stereocenters. The van der Waals surface area contributed by atoms with Gasteiger partial charge in [-0.2, -0.15) is 0 Å². The van der Waals surface area contributed by atoms with Gasteiger partial charge < -0.3 is 15.2 Å². The van der Waals surface area contributed by atoms with Gasteiger partial charge in [-0.1, -0.05) is 0 Å². The molecule has 0 aromatic carbocycles. The summed E-state index contributed by atoms with van der Waals surface area (Å²) in [6.07, 6.45) is 3.11. The number of hydrogen-bond acceptors (Lipinski definition) is 4. The highest BCUT2D eigenvalue weighted by atomic mass is 16.5. The van der Waals surface area contributed by atoms with E-state index in [1.807, 2.05) is 0 Å². The van der Waals surface area contributed by atoms with E-state index in [0.717, 1.165) is 32.5 Å². The second-order valence-electron chi connectivity index (χ2n) is 4.29. The summed E-state index contributed by atoms with van der Waals surface area (Å²) in [4.78, 5) is 11.4. The lowest BCUT2D eigenvalue weighted by atomic mass is 9.82. The van der Waals surface area contributed by atoms with E-state index in [0.29, 0.717) is 5.92 Å². The molecule has 2 unspecified atom stereocenters. The molecule has 0 aromatic heterocycles. The van der Waals surface area contributed by atoms with Crippen molar-refractivity contribution in [2.24, 2.45) is 17.1 Å². The number of carbonyl (C=O) groups excluding carboxylic acids is 1. The maximum Gasteiger partial charge on any atom is 0.323 e. The molecule has 0 amide bonds. The number of methoxy groups -OCH3 is 1. The minimum Gasteiger partial charge on any atom is -0.468 e. The van der Waals surface area contributed by atoms with Gasteiger partial charge in [0.1, 0.15) is 6.04 Å². The van der Waals surface area contributed by atoms with Gasteiger partial charge in [0.05, 0.1) is 13.7 Å². The van der Waals surface area contributed by atoms with E-state index >= 15 is 0 Å². The highest BCUT2D eigenvalue weighted by molar-refractivity contribution is 5.77. The third-order valence-electron chi connectivity index (χ3n) is 3.64. The summed E-state index contributed by atoms with van der Waals surface area (Å²) >= 11 is 0. The lowest BCUT2D eigenvalue weighted by Gasteiger charge is -2.26. The van der Waals surface area contributed by atoms with Crippen LogP contribution >= 0.6 is 0 Å². The van der Waals surface area contributed by atoms with Crippen molar-refractivity contribution in [3.05, 3.63) is 0 Å². The molecule has 1 saturated heterocycles. The summed E-state index contributed by atoms with van der Waals surface area (Å²) in [5.74, 6) is 0.172. The molecule has 0 aromatic rings. The van der Waals surface area contributed by atoms with Crippen LogP contribution in [0, 0.1) is 11.3 Å². The number of rotatable bonds is 3. The van der Waals surface area contributed by atoms with Crippen LogP contribution in [-0.2, 0) is 14.3 Å². The minimum absolute atomic E-state index is 0.0103. The van der Waals surface area contributed by atoms with Gasteiger partial charge in [0.15, 0.2) is 0 Å². The van der Waals surface area contributed by atoms with E-state index < -0.39 is 6.04 Å². The molecule has 4 nitrogen and oxygen atoms in total. The molecule has 14 heavy (non-hydrogen) atoms. The zero-order chi connectivity index (χ0) is 10.2. The Balaban J connectivity index is 2.04. The zero-order valence-electron chi connectivity index (χ0n) is 8.49. The Morgan fingerprint density at radius 1 is 1.64 bits per heavy atom. The Kier molecular flexibility index (Phi) is 2.49. The van der Waals surface area contributed by atoms with Gasteiger partial charge in [-0.05, 0) is 25.2 Å². The van der Waals surface area contributed by atoms with Crippen LogP contribution in [0.1, 0.15) is 19.3 Å². The Hall–Kier alpha value is -0.610. The van der Waals surface area contributed by atoms with E-state index in [2.05, 4.69) is 0 Å². The van der Waals surface area contributed by atoms with Gasteiger partial charge in [-0.15, -0.1) is 0 Å². The quantitative estimate of drug-likeness (QED) is 0.664. The van der Waals surface area contributed by atoms with Crippen LogP contribution in [0.5, 0.6) is 0 Å². The number of esters is 1. The molecule has 4 heteroatoms. The number of hydrogen-bond donors (Lipinski definition) is 1. The van der Waals surface area contributed by atoms with E-state index in [1.165, 1.54) is 7.11 Å². The minimum atomic E-state index is -0.459. The largest absolute Gasteiger partial charge is 0.468 e. The normalized spacial score (nSPS) is 31.1. The molecule has 1 saturated carbocycles. The molecule has 0 radical (unpaired) electrons. The molecular weight excluding hydrogens is 182 g/mol. The molecule has 0 bridgehead atoms. The molecule has 2 aliphatic rings. The van der Waals surface area contributed by atoms with E-state index in [-0.39, 0.29) is 11.4 Å². The third kappa shape index (κ3) is 1.42. The summed E-state index contributed by atoms with van der Waals surface area (Å²) in [7, 11) is 1.39. The summed E-state index contributed by atoms with van der Waals surface area (Å²) < 4.78 is 10.0. The van der Waals surface area contributed by atoms with Crippen LogP contribution in [0.2, 0.25) is 0 Å². The Morgan fingerprint density at radius 3 is 2.79 bits per heavy atom. The Bertz CT molecular complexity index is 232. The molecule has 2 rings (SSSR count). The van der Waals surface area contributed by atoms with Crippen LogP contribution in [0.25, 0.3) is 0 Å². The summed E-state index contributed by atoms with van der Waals surface area (Å²) in [5, 5.41) is 0. The predicted molar refractivity (Wildman–Crippen MR) is 50.6 cm³/mol. The average Bonchev–Trinajstić information content (AvgIpc) is 2.84. The smallest absolute Gasteiger partial charge is 0.323 e. The van der Waals surface area contributed by atoms with E-state index in [9.17, 15) is 4.79 Å². The maximum atomic E-state index is 11.4. The molecule has 1 aliphatic heterocycles. The second kappa shape index (κ2) is 3.51. The number of carbonyl (C=O) groups is 1. The van der Waals surface area contributed by atoms with Crippen LogP contribution < -0.4 is 5.73 Å². The molecular formula is C10H17NO3. The topological polar surface area (TPSA) is 61.5 Å². The van der Waals surface area contributed by atoms with Crippen LogP contribution in [0.15, 0.2) is 0 Å². The highest BCUT2D eigenvalue weighted by Crippen LogP contribution is 2.56. The zero-order valence-corrected chi connectivity index (χ0v) is 8.49. The van der Waals surface area contributed by atoms with E-state index in [4.69, 9.17) is 15.2 Å². The lowest BCUT2D eigenvalue weighted by Crippen LogP contribution is -2.44. The summed E-state index contributed by atoms with van der Waals surface area (Å²) in [5.41, 5.74) is 5.91. The second-order valence-corrected chi connectivity index (χ2v) is 4.29. The van der Waals surface area contributed by atoms with Crippen molar-refractivity contribution in [3.63, 3.8) is 0 Å². The van der Waals surface area contributed by atoms with Crippen molar-refractivity contribution in [2.45, 2.75) is 25.3 Å². The first-order valence-electron chi connectivity index (χ1n) is 5.12. The Labute approximate surface area is 83.7 Å².